The lowest BCUT2D eigenvalue weighted by molar-refractivity contribution is 0.156. The second-order valence-corrected chi connectivity index (χ2v) is 5.38. The molecule has 0 aliphatic carbocycles. The molecule has 0 aliphatic rings. The van der Waals surface area contributed by atoms with E-state index in [-0.39, 0.29) is 17.0 Å². The van der Waals surface area contributed by atoms with Crippen molar-refractivity contribution in [3.05, 3.63) is 41.6 Å². The lowest BCUT2D eigenvalue weighted by Crippen LogP contribution is -2.28. The molecule has 0 amide bonds. The highest BCUT2D eigenvalue weighted by Crippen LogP contribution is 2.31. The van der Waals surface area contributed by atoms with Gasteiger partial charge in [0.25, 0.3) is 12.2 Å². The smallest absolute Gasteiger partial charge is 0.257 e. The van der Waals surface area contributed by atoms with Crippen LogP contribution in [0.1, 0.15) is 19.7 Å². The molecule has 126 valence electrons. The maximum Gasteiger partial charge on any atom is 0.257 e. The third-order valence-electron chi connectivity index (χ3n) is 3.89. The van der Waals surface area contributed by atoms with Gasteiger partial charge in [0.15, 0.2) is 0 Å². The number of benzene rings is 1. The van der Waals surface area contributed by atoms with Crippen LogP contribution in [-0.4, -0.2) is 32.6 Å². The topological polar surface area (TPSA) is 46.3 Å². The van der Waals surface area contributed by atoms with Gasteiger partial charge in [-0.2, -0.15) is 4.98 Å². The zero-order valence-corrected chi connectivity index (χ0v) is 13.5. The lowest BCUT2D eigenvalue weighted by Gasteiger charge is -2.25. The van der Waals surface area contributed by atoms with Crippen LogP contribution in [0.3, 0.4) is 0 Å². The summed E-state index contributed by atoms with van der Waals surface area (Å²) in [7, 11) is 0. The van der Waals surface area contributed by atoms with Gasteiger partial charge in [-0.1, -0.05) is 12.1 Å². The van der Waals surface area contributed by atoms with Gasteiger partial charge in [-0.25, -0.2) is 13.2 Å². The third kappa shape index (κ3) is 2.57. The Morgan fingerprint density at radius 1 is 1.33 bits per heavy atom. The van der Waals surface area contributed by atoms with Crippen LogP contribution in [0, 0.1) is 12.7 Å². The Morgan fingerprint density at radius 3 is 2.75 bits per heavy atom. The van der Waals surface area contributed by atoms with Crippen LogP contribution in [0.25, 0.3) is 16.7 Å². The van der Waals surface area contributed by atoms with Crippen LogP contribution < -0.4 is 4.90 Å². The van der Waals surface area contributed by atoms with Crippen LogP contribution in [0.4, 0.5) is 19.0 Å². The van der Waals surface area contributed by atoms with Gasteiger partial charge in [0.2, 0.25) is 0 Å². The highest BCUT2D eigenvalue weighted by molar-refractivity contribution is 5.93. The average Bonchev–Trinajstić information content (AvgIpc) is 2.92. The lowest BCUT2D eigenvalue weighted by atomic mass is 10.2. The Balaban J connectivity index is 2.40. The monoisotopic (exact) mass is 335 g/mol. The van der Waals surface area contributed by atoms with Crippen molar-refractivity contribution in [2.24, 2.45) is 0 Å². The Bertz CT molecular complexity index is 932. The molecule has 0 unspecified atom stereocenters. The molecule has 0 saturated heterocycles. The Hall–Kier alpha value is -2.64. The van der Waals surface area contributed by atoms with Crippen LogP contribution in [-0.2, 0) is 0 Å². The van der Waals surface area contributed by atoms with E-state index in [2.05, 4.69) is 15.2 Å². The largest absolute Gasteiger partial charge is 0.324 e. The van der Waals surface area contributed by atoms with Crippen LogP contribution in [0.2, 0.25) is 0 Å². The molecule has 3 aromatic rings. The Kier molecular flexibility index (Phi) is 4.13. The normalized spacial score (nSPS) is 12.5. The molecule has 0 fully saturated rings. The third-order valence-corrected chi connectivity index (χ3v) is 3.89. The van der Waals surface area contributed by atoms with E-state index in [1.807, 2.05) is 0 Å². The van der Waals surface area contributed by atoms with Crippen LogP contribution in [0.5, 0.6) is 0 Å². The van der Waals surface area contributed by atoms with Gasteiger partial charge in [0, 0.05) is 5.70 Å². The number of halogens is 3. The summed E-state index contributed by atoms with van der Waals surface area (Å²) in [6, 6.07) is 4.53. The van der Waals surface area contributed by atoms with Gasteiger partial charge in [0.05, 0.1) is 17.4 Å². The minimum absolute atomic E-state index is 0.110. The van der Waals surface area contributed by atoms with Crippen molar-refractivity contribution in [3.63, 3.8) is 0 Å². The van der Waals surface area contributed by atoms with E-state index in [0.29, 0.717) is 17.0 Å². The number of alkyl halides is 2. The van der Waals surface area contributed by atoms with E-state index in [4.69, 9.17) is 0 Å². The molecule has 24 heavy (non-hydrogen) atoms. The first-order valence-electron chi connectivity index (χ1n) is 7.42. The van der Waals surface area contributed by atoms with E-state index in [1.165, 1.54) is 11.0 Å². The number of anilines is 1. The molecule has 0 aliphatic heterocycles. The molecule has 0 N–H and O–H groups in total. The molecular weight excluding hydrogens is 319 g/mol. The summed E-state index contributed by atoms with van der Waals surface area (Å²) < 4.78 is 42.3. The first-order chi connectivity index (χ1) is 11.4. The zero-order valence-electron chi connectivity index (χ0n) is 13.5. The molecule has 8 heteroatoms. The molecule has 0 saturated carbocycles. The van der Waals surface area contributed by atoms with Crippen LogP contribution >= 0.6 is 0 Å². The summed E-state index contributed by atoms with van der Waals surface area (Å²) in [6.45, 7) is 4.54. The predicted molar refractivity (Wildman–Crippen MR) is 85.8 cm³/mol. The van der Waals surface area contributed by atoms with Gasteiger partial charge >= 0.3 is 0 Å². The van der Waals surface area contributed by atoms with Gasteiger partial charge in [-0.15, -0.1) is 10.2 Å². The van der Waals surface area contributed by atoms with E-state index < -0.39 is 18.8 Å². The van der Waals surface area contributed by atoms with Crippen LogP contribution in [0.15, 0.2) is 30.0 Å². The van der Waals surface area contributed by atoms with E-state index >= 15 is 0 Å². The minimum atomic E-state index is -2.60. The Labute approximate surface area is 136 Å². The molecular formula is C16H16F3N5. The predicted octanol–water partition coefficient (Wildman–Crippen LogP) is 3.72. The number of allylic oxidation sites excluding steroid dienone is 2. The van der Waals surface area contributed by atoms with Crippen molar-refractivity contribution in [1.29, 1.82) is 0 Å². The van der Waals surface area contributed by atoms with Crippen molar-refractivity contribution in [2.45, 2.75) is 27.2 Å². The number of hydrogen-bond donors (Lipinski definition) is 0. The quantitative estimate of drug-likeness (QED) is 0.729. The summed E-state index contributed by atoms with van der Waals surface area (Å²) in [6.07, 6.45) is -0.921. The van der Waals surface area contributed by atoms with Crippen molar-refractivity contribution in [2.75, 3.05) is 11.4 Å². The number of nitrogens with zero attached hydrogens (tertiary/aromatic N) is 5. The first-order valence-corrected chi connectivity index (χ1v) is 7.42. The van der Waals surface area contributed by atoms with E-state index in [1.54, 1.807) is 43.4 Å². The standard InChI is InChI=1S/C16H16F3N5/c1-4-9(2)23(8-13(18)19)15-14-11(17)6-5-7-12(14)24-10(3)21-22-16(24)20-15/h4-7,13H,8H2,1-3H3/b9-4+. The number of fused-ring (bicyclic) bond motifs is 3. The fraction of sp³-hybridized carbons (Fsp3) is 0.312. The van der Waals surface area contributed by atoms with Crippen molar-refractivity contribution >= 4 is 22.5 Å². The molecule has 0 bridgehead atoms. The fourth-order valence-corrected chi connectivity index (χ4v) is 2.66. The average molecular weight is 335 g/mol. The van der Waals surface area contributed by atoms with Crippen molar-refractivity contribution < 1.29 is 13.2 Å². The molecule has 3 rings (SSSR count). The molecule has 0 atom stereocenters. The Morgan fingerprint density at radius 2 is 2.08 bits per heavy atom. The van der Waals surface area contributed by atoms with Gasteiger partial charge in [0.1, 0.15) is 17.5 Å². The van der Waals surface area contributed by atoms with Crippen molar-refractivity contribution in [1.82, 2.24) is 19.6 Å². The first kappa shape index (κ1) is 16.2. The summed E-state index contributed by atoms with van der Waals surface area (Å²) >= 11 is 0. The zero-order chi connectivity index (χ0) is 17.4. The second-order valence-electron chi connectivity index (χ2n) is 5.38. The number of rotatable bonds is 4. The summed E-state index contributed by atoms with van der Waals surface area (Å²) in [5.41, 5.74) is 1.04. The molecule has 2 heterocycles. The highest BCUT2D eigenvalue weighted by Gasteiger charge is 2.22. The van der Waals surface area contributed by atoms with Gasteiger partial charge < -0.3 is 4.90 Å². The molecule has 5 nitrogen and oxygen atoms in total. The van der Waals surface area contributed by atoms with Gasteiger partial charge in [-0.3, -0.25) is 4.40 Å². The molecule has 0 spiro atoms. The van der Waals surface area contributed by atoms with Crippen molar-refractivity contribution in [3.8, 4) is 0 Å². The maximum absolute atomic E-state index is 14.5. The summed E-state index contributed by atoms with van der Waals surface area (Å²) in [4.78, 5) is 5.61. The van der Waals surface area contributed by atoms with E-state index in [0.717, 1.165) is 0 Å². The summed E-state index contributed by atoms with van der Waals surface area (Å²) in [5, 5.41) is 8.06. The fourth-order valence-electron chi connectivity index (χ4n) is 2.66. The second kappa shape index (κ2) is 6.10. The number of aryl methyl sites for hydroxylation is 1. The van der Waals surface area contributed by atoms with E-state index in [9.17, 15) is 13.2 Å². The summed E-state index contributed by atoms with van der Waals surface area (Å²) in [5.74, 6) is 0.360. The van der Waals surface area contributed by atoms with Gasteiger partial charge in [-0.05, 0) is 32.9 Å². The minimum Gasteiger partial charge on any atom is -0.324 e. The number of aromatic nitrogens is 4. The SMILES string of the molecule is C/C=C(\C)N(CC(F)F)c1nc2nnc(C)n2c2cccc(F)c12. The highest BCUT2D eigenvalue weighted by atomic mass is 19.3. The number of hydrogen-bond acceptors (Lipinski definition) is 4. The molecule has 1 aromatic carbocycles. The molecule has 0 radical (unpaired) electrons. The molecule has 2 aromatic heterocycles. The maximum atomic E-state index is 14.5.